The number of nitrogens with two attached hydrogens (primary N) is 1. The highest BCUT2D eigenvalue weighted by atomic mass is 32.2. The molecule has 0 radical (unpaired) electrons. The molecule has 1 aromatic rings. The molecule has 1 aliphatic rings. The molecule has 15 heavy (non-hydrogen) atoms. The molecule has 0 fully saturated rings. The number of sulfone groups is 1. The first-order chi connectivity index (χ1) is 7.05. The summed E-state index contributed by atoms with van der Waals surface area (Å²) in [5.74, 6) is 0.414. The van der Waals surface area contributed by atoms with E-state index < -0.39 is 9.84 Å². The maximum Gasteiger partial charge on any atom is 0.223 e. The summed E-state index contributed by atoms with van der Waals surface area (Å²) in [4.78, 5) is 7.83. The Morgan fingerprint density at radius 3 is 2.60 bits per heavy atom. The minimum Gasteiger partial charge on any atom is -0.396 e. The van der Waals surface area contributed by atoms with Crippen LogP contribution >= 0.6 is 0 Å². The number of nitrogen functional groups attached to an aromatic ring is 1. The topological polar surface area (TPSA) is 98.0 Å². The second-order valence-corrected chi connectivity index (χ2v) is 5.18. The van der Waals surface area contributed by atoms with Gasteiger partial charge in [-0.15, -0.1) is 0 Å². The van der Waals surface area contributed by atoms with E-state index in [9.17, 15) is 8.42 Å². The second kappa shape index (κ2) is 3.50. The molecular formula is C8H10N4O2S. The summed E-state index contributed by atoms with van der Waals surface area (Å²) in [6, 6.07) is -0.265. The van der Waals surface area contributed by atoms with Gasteiger partial charge in [0.1, 0.15) is 0 Å². The van der Waals surface area contributed by atoms with Gasteiger partial charge in [0, 0.05) is 5.41 Å². The minimum absolute atomic E-state index is 0.0424. The van der Waals surface area contributed by atoms with Crippen molar-refractivity contribution < 1.29 is 8.42 Å². The quantitative estimate of drug-likeness (QED) is 0.723. The lowest BCUT2D eigenvalue weighted by Gasteiger charge is -2.08. The van der Waals surface area contributed by atoms with Gasteiger partial charge in [-0.05, 0) is 6.08 Å². The average molecular weight is 226 g/mol. The number of anilines is 2. The monoisotopic (exact) mass is 226 g/mol. The van der Waals surface area contributed by atoms with Gasteiger partial charge in [-0.2, -0.15) is 0 Å². The lowest BCUT2D eigenvalue weighted by atomic mass is 10.3. The normalized spacial score (nSPS) is 22.8. The predicted octanol–water partition coefficient (Wildman–Crippen LogP) is -0.219. The van der Waals surface area contributed by atoms with Crippen LogP contribution in [0.4, 0.5) is 11.6 Å². The van der Waals surface area contributed by atoms with Crippen LogP contribution in [0.5, 0.6) is 0 Å². The Morgan fingerprint density at radius 1 is 1.40 bits per heavy atom. The molecule has 1 aromatic heterocycles. The molecule has 1 aliphatic heterocycles. The fourth-order valence-electron chi connectivity index (χ4n) is 1.24. The number of nitrogens with one attached hydrogen (secondary N) is 1. The Kier molecular flexibility index (Phi) is 2.31. The molecule has 0 aromatic carbocycles. The SMILES string of the molecule is Nc1cnc(NC2C=CS(=O)(=O)C2)nc1. The van der Waals surface area contributed by atoms with E-state index >= 15 is 0 Å². The molecule has 0 aliphatic carbocycles. The van der Waals surface area contributed by atoms with Gasteiger partial charge in [0.2, 0.25) is 5.95 Å². The van der Waals surface area contributed by atoms with E-state index in [0.29, 0.717) is 11.6 Å². The maximum absolute atomic E-state index is 11.1. The van der Waals surface area contributed by atoms with E-state index in [2.05, 4.69) is 15.3 Å². The lowest BCUT2D eigenvalue weighted by Crippen LogP contribution is -2.22. The van der Waals surface area contributed by atoms with Crippen molar-refractivity contribution in [3.05, 3.63) is 23.9 Å². The third-order valence-corrected chi connectivity index (χ3v) is 3.31. The number of nitrogens with zero attached hydrogens (tertiary/aromatic N) is 2. The highest BCUT2D eigenvalue weighted by molar-refractivity contribution is 7.94. The van der Waals surface area contributed by atoms with Crippen LogP contribution in [-0.2, 0) is 9.84 Å². The molecule has 0 amide bonds. The largest absolute Gasteiger partial charge is 0.396 e. The molecule has 1 unspecified atom stereocenters. The van der Waals surface area contributed by atoms with Gasteiger partial charge in [-0.25, -0.2) is 18.4 Å². The van der Waals surface area contributed by atoms with Gasteiger partial charge in [0.05, 0.1) is 29.9 Å². The van der Waals surface area contributed by atoms with Crippen molar-refractivity contribution in [1.29, 1.82) is 0 Å². The highest BCUT2D eigenvalue weighted by Crippen LogP contribution is 2.12. The highest BCUT2D eigenvalue weighted by Gasteiger charge is 2.21. The molecule has 1 atom stereocenters. The molecule has 2 rings (SSSR count). The zero-order chi connectivity index (χ0) is 10.9. The zero-order valence-corrected chi connectivity index (χ0v) is 8.61. The predicted molar refractivity (Wildman–Crippen MR) is 56.8 cm³/mol. The third kappa shape index (κ3) is 2.44. The van der Waals surface area contributed by atoms with Crippen LogP contribution < -0.4 is 11.1 Å². The van der Waals surface area contributed by atoms with Crippen molar-refractivity contribution in [3.8, 4) is 0 Å². The van der Waals surface area contributed by atoms with Gasteiger partial charge < -0.3 is 11.1 Å². The lowest BCUT2D eigenvalue weighted by molar-refractivity contribution is 0.605. The Bertz CT molecular complexity index is 480. The van der Waals surface area contributed by atoms with Crippen molar-refractivity contribution in [3.63, 3.8) is 0 Å². The average Bonchev–Trinajstić information content (AvgIpc) is 2.50. The first kappa shape index (κ1) is 9.91. The molecule has 80 valence electrons. The summed E-state index contributed by atoms with van der Waals surface area (Å²) in [5.41, 5.74) is 5.88. The van der Waals surface area contributed by atoms with Gasteiger partial charge in [0.25, 0.3) is 0 Å². The maximum atomic E-state index is 11.1. The summed E-state index contributed by atoms with van der Waals surface area (Å²) in [6.45, 7) is 0. The van der Waals surface area contributed by atoms with Crippen LogP contribution in [-0.4, -0.2) is 30.2 Å². The van der Waals surface area contributed by atoms with Crippen LogP contribution in [0, 0.1) is 0 Å². The first-order valence-electron chi connectivity index (χ1n) is 4.30. The van der Waals surface area contributed by atoms with Crippen molar-refractivity contribution in [2.24, 2.45) is 0 Å². The number of aromatic nitrogens is 2. The van der Waals surface area contributed by atoms with Crippen molar-refractivity contribution in [2.75, 3.05) is 16.8 Å². The molecule has 0 spiro atoms. The third-order valence-electron chi connectivity index (χ3n) is 1.92. The minimum atomic E-state index is -3.05. The van der Waals surface area contributed by atoms with Crippen LogP contribution in [0.3, 0.4) is 0 Å². The Labute approximate surface area is 87.2 Å². The number of hydrogen-bond donors (Lipinski definition) is 2. The van der Waals surface area contributed by atoms with E-state index in [1.54, 1.807) is 6.08 Å². The van der Waals surface area contributed by atoms with Crippen LogP contribution in [0.2, 0.25) is 0 Å². The molecule has 0 bridgehead atoms. The smallest absolute Gasteiger partial charge is 0.223 e. The molecular weight excluding hydrogens is 216 g/mol. The van der Waals surface area contributed by atoms with Crippen LogP contribution in [0.15, 0.2) is 23.9 Å². The number of hydrogen-bond acceptors (Lipinski definition) is 6. The summed E-state index contributed by atoms with van der Waals surface area (Å²) in [6.07, 6.45) is 4.50. The van der Waals surface area contributed by atoms with E-state index in [-0.39, 0.29) is 11.8 Å². The molecule has 0 saturated carbocycles. The van der Waals surface area contributed by atoms with Crippen molar-refractivity contribution in [2.45, 2.75) is 6.04 Å². The molecule has 7 heteroatoms. The molecule has 0 saturated heterocycles. The zero-order valence-electron chi connectivity index (χ0n) is 7.79. The summed E-state index contributed by atoms with van der Waals surface area (Å²) >= 11 is 0. The standard InChI is InChI=1S/C8H10N4O2S/c9-6-3-10-8(11-4-6)12-7-1-2-15(13,14)5-7/h1-4,7H,5,9H2,(H,10,11,12). The second-order valence-electron chi connectivity index (χ2n) is 3.25. The number of rotatable bonds is 2. The Balaban J connectivity index is 2.05. The molecule has 3 N–H and O–H groups in total. The van der Waals surface area contributed by atoms with E-state index in [0.717, 1.165) is 0 Å². The fraction of sp³-hybridized carbons (Fsp3) is 0.250. The summed E-state index contributed by atoms with van der Waals surface area (Å²) < 4.78 is 22.2. The summed E-state index contributed by atoms with van der Waals surface area (Å²) in [5, 5.41) is 4.08. The van der Waals surface area contributed by atoms with Gasteiger partial charge >= 0.3 is 0 Å². The van der Waals surface area contributed by atoms with E-state index in [4.69, 9.17) is 5.73 Å². The summed E-state index contributed by atoms with van der Waals surface area (Å²) in [7, 11) is -3.05. The van der Waals surface area contributed by atoms with Crippen molar-refractivity contribution >= 4 is 21.5 Å². The fourth-order valence-corrected chi connectivity index (χ4v) is 2.48. The van der Waals surface area contributed by atoms with Crippen LogP contribution in [0.25, 0.3) is 0 Å². The van der Waals surface area contributed by atoms with E-state index in [1.165, 1.54) is 17.8 Å². The van der Waals surface area contributed by atoms with Gasteiger partial charge in [-0.3, -0.25) is 0 Å². The Morgan fingerprint density at radius 2 is 2.07 bits per heavy atom. The van der Waals surface area contributed by atoms with Gasteiger partial charge in [-0.1, -0.05) is 0 Å². The van der Waals surface area contributed by atoms with Crippen molar-refractivity contribution in [1.82, 2.24) is 9.97 Å². The molecule has 6 nitrogen and oxygen atoms in total. The first-order valence-corrected chi connectivity index (χ1v) is 6.02. The van der Waals surface area contributed by atoms with E-state index in [1.807, 2.05) is 0 Å². The Hall–Kier alpha value is -1.63. The molecule has 2 heterocycles. The van der Waals surface area contributed by atoms with Gasteiger partial charge in [0.15, 0.2) is 9.84 Å². The van der Waals surface area contributed by atoms with Crippen LogP contribution in [0.1, 0.15) is 0 Å².